The fourth-order valence-corrected chi connectivity index (χ4v) is 2.26. The summed E-state index contributed by atoms with van der Waals surface area (Å²) in [5.74, 6) is -0.0456. The van der Waals surface area contributed by atoms with Crippen LogP contribution >= 0.6 is 0 Å². The van der Waals surface area contributed by atoms with E-state index in [0.29, 0.717) is 24.0 Å². The standard InChI is InChI=1S/C10H9FO3S/c11-10(15(13)14)8-3-1-2-7-6(8)4-5-9(7)12/h1-3,10H,4-5H2,(H,13,14)/p-1. The highest BCUT2D eigenvalue weighted by Gasteiger charge is 2.25. The lowest BCUT2D eigenvalue weighted by Gasteiger charge is -2.14. The molecule has 5 heteroatoms. The molecule has 1 aromatic rings. The molecule has 2 atom stereocenters. The van der Waals surface area contributed by atoms with Gasteiger partial charge in [0.05, 0.1) is 0 Å². The quantitative estimate of drug-likeness (QED) is 0.722. The van der Waals surface area contributed by atoms with E-state index < -0.39 is 16.6 Å². The Bertz CT molecular complexity index is 444. The molecule has 2 rings (SSSR count). The first kappa shape index (κ1) is 10.4. The molecular formula is C10H8FO3S-. The monoisotopic (exact) mass is 227 g/mol. The number of fused-ring (bicyclic) bond motifs is 1. The van der Waals surface area contributed by atoms with E-state index in [0.717, 1.165) is 0 Å². The molecular weight excluding hydrogens is 219 g/mol. The Morgan fingerprint density at radius 1 is 1.40 bits per heavy atom. The van der Waals surface area contributed by atoms with Crippen molar-refractivity contribution in [1.82, 2.24) is 0 Å². The number of Topliss-reactive ketones (excluding diaryl/α,β-unsaturated/α-hetero) is 1. The van der Waals surface area contributed by atoms with Gasteiger partial charge in [0.25, 0.3) is 0 Å². The van der Waals surface area contributed by atoms with Crippen LogP contribution in [0, 0.1) is 0 Å². The second-order valence-electron chi connectivity index (χ2n) is 3.37. The topological polar surface area (TPSA) is 57.2 Å². The fraction of sp³-hybridized carbons (Fsp3) is 0.300. The predicted molar refractivity (Wildman–Crippen MR) is 51.9 cm³/mol. The molecule has 15 heavy (non-hydrogen) atoms. The van der Waals surface area contributed by atoms with Gasteiger partial charge in [-0.3, -0.25) is 9.00 Å². The molecule has 1 aliphatic carbocycles. The van der Waals surface area contributed by atoms with Gasteiger partial charge in [0, 0.05) is 17.5 Å². The highest BCUT2D eigenvalue weighted by molar-refractivity contribution is 7.79. The summed E-state index contributed by atoms with van der Waals surface area (Å²) >= 11 is -2.79. The molecule has 2 unspecified atom stereocenters. The van der Waals surface area contributed by atoms with E-state index in [9.17, 15) is 17.9 Å². The molecule has 1 aliphatic rings. The summed E-state index contributed by atoms with van der Waals surface area (Å²) in [6.07, 6.45) is 0.770. The second kappa shape index (κ2) is 3.83. The van der Waals surface area contributed by atoms with Crippen molar-refractivity contribution in [3.05, 3.63) is 34.9 Å². The molecule has 0 radical (unpaired) electrons. The van der Waals surface area contributed by atoms with Crippen molar-refractivity contribution in [1.29, 1.82) is 0 Å². The summed E-state index contributed by atoms with van der Waals surface area (Å²) in [5.41, 5.74) is -0.933. The molecule has 0 amide bonds. The first-order valence-electron chi connectivity index (χ1n) is 4.48. The first-order chi connectivity index (χ1) is 7.11. The molecule has 0 saturated carbocycles. The largest absolute Gasteiger partial charge is 0.770 e. The lowest BCUT2D eigenvalue weighted by molar-refractivity contribution is 0.0994. The molecule has 0 N–H and O–H groups in total. The minimum absolute atomic E-state index is 0.0456. The van der Waals surface area contributed by atoms with Crippen LogP contribution in [0.5, 0.6) is 0 Å². The smallest absolute Gasteiger partial charge is 0.187 e. The third-order valence-electron chi connectivity index (χ3n) is 2.53. The average molecular weight is 227 g/mol. The van der Waals surface area contributed by atoms with Gasteiger partial charge in [0.1, 0.15) is 0 Å². The van der Waals surface area contributed by atoms with Crippen LogP contribution in [-0.2, 0) is 17.5 Å². The van der Waals surface area contributed by atoms with E-state index in [-0.39, 0.29) is 11.3 Å². The number of hydrogen-bond acceptors (Lipinski definition) is 3. The van der Waals surface area contributed by atoms with Gasteiger partial charge in [-0.1, -0.05) is 18.2 Å². The van der Waals surface area contributed by atoms with Crippen molar-refractivity contribution in [2.24, 2.45) is 0 Å². The zero-order valence-corrected chi connectivity index (χ0v) is 8.55. The SMILES string of the molecule is O=C1CCc2c1cccc2C(F)S(=O)[O-]. The zero-order chi connectivity index (χ0) is 11.0. The molecule has 3 nitrogen and oxygen atoms in total. The molecule has 0 spiro atoms. The van der Waals surface area contributed by atoms with Gasteiger partial charge < -0.3 is 4.55 Å². The lowest BCUT2D eigenvalue weighted by Crippen LogP contribution is -2.04. The van der Waals surface area contributed by atoms with Crippen molar-refractivity contribution >= 4 is 16.9 Å². The normalized spacial score (nSPS) is 18.7. The number of carbonyl (C=O) groups excluding carboxylic acids is 1. The Balaban J connectivity index is 2.51. The maximum atomic E-state index is 13.3. The van der Waals surface area contributed by atoms with Crippen molar-refractivity contribution < 1.29 is 17.9 Å². The van der Waals surface area contributed by atoms with E-state index in [1.54, 1.807) is 6.07 Å². The van der Waals surface area contributed by atoms with Crippen molar-refractivity contribution in [2.45, 2.75) is 18.3 Å². The van der Waals surface area contributed by atoms with Crippen LogP contribution in [-0.4, -0.2) is 14.5 Å². The summed E-state index contributed by atoms with van der Waals surface area (Å²) in [5, 5.41) is 0. The van der Waals surface area contributed by atoms with E-state index in [2.05, 4.69) is 0 Å². The Labute approximate surface area is 88.6 Å². The number of halogens is 1. The average Bonchev–Trinajstić information content (AvgIpc) is 2.59. The van der Waals surface area contributed by atoms with Gasteiger partial charge in [-0.25, -0.2) is 4.39 Å². The Morgan fingerprint density at radius 2 is 2.13 bits per heavy atom. The van der Waals surface area contributed by atoms with Crippen LogP contribution in [0.15, 0.2) is 18.2 Å². The number of rotatable bonds is 2. The van der Waals surface area contributed by atoms with Gasteiger partial charge in [-0.15, -0.1) is 0 Å². The van der Waals surface area contributed by atoms with Crippen LogP contribution in [0.4, 0.5) is 4.39 Å². The van der Waals surface area contributed by atoms with Crippen LogP contribution in [0.25, 0.3) is 0 Å². The van der Waals surface area contributed by atoms with Gasteiger partial charge in [0.15, 0.2) is 11.3 Å². The van der Waals surface area contributed by atoms with E-state index in [1.807, 2.05) is 0 Å². The number of alkyl halides is 1. The zero-order valence-electron chi connectivity index (χ0n) is 7.73. The molecule has 1 aromatic carbocycles. The molecule has 0 saturated heterocycles. The summed E-state index contributed by atoms with van der Waals surface area (Å²) in [4.78, 5) is 11.3. The van der Waals surface area contributed by atoms with Crippen LogP contribution < -0.4 is 0 Å². The first-order valence-corrected chi connectivity index (χ1v) is 5.62. The van der Waals surface area contributed by atoms with Crippen molar-refractivity contribution in [2.75, 3.05) is 0 Å². The number of hydrogen-bond donors (Lipinski definition) is 0. The molecule has 80 valence electrons. The maximum Gasteiger partial charge on any atom is 0.187 e. The highest BCUT2D eigenvalue weighted by Crippen LogP contribution is 2.31. The third kappa shape index (κ3) is 1.72. The van der Waals surface area contributed by atoms with Gasteiger partial charge >= 0.3 is 0 Å². The van der Waals surface area contributed by atoms with Crippen molar-refractivity contribution in [3.63, 3.8) is 0 Å². The molecule has 0 heterocycles. The summed E-state index contributed by atoms with van der Waals surface area (Å²) < 4.78 is 34.4. The maximum absolute atomic E-state index is 13.3. The Morgan fingerprint density at radius 3 is 2.80 bits per heavy atom. The van der Waals surface area contributed by atoms with Gasteiger partial charge in [-0.05, 0) is 23.1 Å². The molecule has 0 bridgehead atoms. The number of benzene rings is 1. The fourth-order valence-electron chi connectivity index (χ4n) is 1.83. The second-order valence-corrected chi connectivity index (χ2v) is 4.31. The summed E-state index contributed by atoms with van der Waals surface area (Å²) in [7, 11) is 0. The minimum Gasteiger partial charge on any atom is -0.770 e. The van der Waals surface area contributed by atoms with Gasteiger partial charge in [-0.2, -0.15) is 0 Å². The van der Waals surface area contributed by atoms with Crippen molar-refractivity contribution in [3.8, 4) is 0 Å². The summed E-state index contributed by atoms with van der Waals surface area (Å²) in [6.45, 7) is 0. The lowest BCUT2D eigenvalue weighted by atomic mass is 10.0. The third-order valence-corrected chi connectivity index (χ3v) is 3.12. The van der Waals surface area contributed by atoms with Crippen LogP contribution in [0.1, 0.15) is 33.4 Å². The molecule has 0 fully saturated rings. The van der Waals surface area contributed by atoms with E-state index in [1.165, 1.54) is 12.1 Å². The van der Waals surface area contributed by atoms with Crippen LogP contribution in [0.2, 0.25) is 0 Å². The molecule has 0 aromatic heterocycles. The minimum atomic E-state index is -2.79. The number of carbonyl (C=O) groups is 1. The van der Waals surface area contributed by atoms with Gasteiger partial charge in [0.2, 0.25) is 0 Å². The Hall–Kier alpha value is -1.07. The summed E-state index contributed by atoms with van der Waals surface area (Å²) in [6, 6.07) is 4.53. The number of ketones is 1. The van der Waals surface area contributed by atoms with E-state index >= 15 is 0 Å². The van der Waals surface area contributed by atoms with E-state index in [4.69, 9.17) is 0 Å². The highest BCUT2D eigenvalue weighted by atomic mass is 32.2. The van der Waals surface area contributed by atoms with Crippen LogP contribution in [0.3, 0.4) is 0 Å². The molecule has 0 aliphatic heterocycles. The Kier molecular flexibility index (Phi) is 2.67. The predicted octanol–water partition coefficient (Wildman–Crippen LogP) is 1.66.